The predicted octanol–water partition coefficient (Wildman–Crippen LogP) is 5.54. The van der Waals surface area contributed by atoms with Gasteiger partial charge in [0, 0.05) is 12.3 Å². The summed E-state index contributed by atoms with van der Waals surface area (Å²) >= 11 is 4.91. The van der Waals surface area contributed by atoms with E-state index in [1.807, 2.05) is 0 Å². The fourth-order valence-electron chi connectivity index (χ4n) is 2.88. The molecule has 0 bridgehead atoms. The van der Waals surface area contributed by atoms with Crippen molar-refractivity contribution in [1.82, 2.24) is 0 Å². The van der Waals surface area contributed by atoms with E-state index in [2.05, 4.69) is 13.8 Å². The molecule has 0 amide bonds. The molecule has 0 atom stereocenters. The number of hydrogen-bond acceptors (Lipinski definition) is 2. The number of hydrogen-bond donors (Lipinski definition) is 1. The first-order valence-corrected chi connectivity index (χ1v) is 9.91. The molecule has 0 aromatic carbocycles. The molecule has 1 aliphatic carbocycles. The summed E-state index contributed by atoms with van der Waals surface area (Å²) in [6.07, 6.45) is 12.3. The molecule has 0 aromatic rings. The maximum Gasteiger partial charge on any atom is 0.103 e. The van der Waals surface area contributed by atoms with Crippen molar-refractivity contribution >= 4 is 19.8 Å². The van der Waals surface area contributed by atoms with Crippen molar-refractivity contribution in [3.05, 3.63) is 0 Å². The highest BCUT2D eigenvalue weighted by atomic mass is 32.1. The van der Waals surface area contributed by atoms with E-state index in [0.29, 0.717) is 0 Å². The minimum atomic E-state index is -2.08. The second kappa shape index (κ2) is 7.24. The van der Waals surface area contributed by atoms with Gasteiger partial charge in [-0.2, -0.15) is 12.6 Å². The topological polar surface area (TPSA) is 17.1 Å². The van der Waals surface area contributed by atoms with Crippen molar-refractivity contribution in [3.8, 4) is 0 Å². The van der Waals surface area contributed by atoms with E-state index in [1.165, 1.54) is 19.3 Å². The van der Waals surface area contributed by atoms with Crippen LogP contribution in [0.4, 0.5) is 0 Å². The highest BCUT2D eigenvalue weighted by Crippen LogP contribution is 2.66. The molecular formula is C14H29OPS. The molecule has 17 heavy (non-hydrogen) atoms. The molecule has 0 unspecified atom stereocenters. The lowest BCUT2D eigenvalue weighted by atomic mass is 10.00. The zero-order chi connectivity index (χ0) is 12.8. The van der Waals surface area contributed by atoms with Gasteiger partial charge in [0.2, 0.25) is 0 Å². The molecule has 0 spiro atoms. The molecule has 0 radical (unpaired) electrons. The van der Waals surface area contributed by atoms with Gasteiger partial charge in [-0.1, -0.05) is 46.0 Å². The highest BCUT2D eigenvalue weighted by Gasteiger charge is 2.44. The lowest BCUT2D eigenvalue weighted by Crippen LogP contribution is -2.28. The summed E-state index contributed by atoms with van der Waals surface area (Å²) in [5.74, 6) is 0. The Bertz CT molecular complexity index is 247. The Morgan fingerprint density at radius 1 is 1.00 bits per heavy atom. The normalized spacial score (nSPS) is 20.4. The summed E-state index contributed by atoms with van der Waals surface area (Å²) in [4.78, 5) is 0. The summed E-state index contributed by atoms with van der Waals surface area (Å²) in [5.41, 5.74) is 0. The van der Waals surface area contributed by atoms with E-state index in [0.717, 1.165) is 50.8 Å². The molecule has 1 aliphatic rings. The van der Waals surface area contributed by atoms with Crippen molar-refractivity contribution in [2.45, 2.75) is 76.1 Å². The van der Waals surface area contributed by atoms with Gasteiger partial charge in [-0.05, 0) is 25.7 Å². The van der Waals surface area contributed by atoms with Crippen LogP contribution in [0.2, 0.25) is 0 Å². The maximum atomic E-state index is 13.3. The third kappa shape index (κ3) is 4.03. The average Bonchev–Trinajstić information content (AvgIpc) is 2.34. The van der Waals surface area contributed by atoms with E-state index < -0.39 is 7.14 Å². The molecular weight excluding hydrogens is 247 g/mol. The molecule has 0 aromatic heterocycles. The standard InChI is InChI=1S/C14H29OPS/c1-3-5-12-16(15,13-6-4-2)14(17)10-8-7-9-11-14/h17H,3-13H2,1-2H3. The van der Waals surface area contributed by atoms with Crippen LogP contribution >= 0.6 is 19.8 Å². The van der Waals surface area contributed by atoms with Gasteiger partial charge in [-0.15, -0.1) is 0 Å². The van der Waals surface area contributed by atoms with Crippen LogP contribution < -0.4 is 0 Å². The lowest BCUT2D eigenvalue weighted by Gasteiger charge is -2.40. The van der Waals surface area contributed by atoms with E-state index in [9.17, 15) is 4.57 Å². The number of thiol groups is 1. The molecule has 0 N–H and O–H groups in total. The number of rotatable bonds is 7. The van der Waals surface area contributed by atoms with Crippen molar-refractivity contribution in [2.75, 3.05) is 12.3 Å². The quantitative estimate of drug-likeness (QED) is 0.477. The fraction of sp³-hybridized carbons (Fsp3) is 1.00. The first-order valence-electron chi connectivity index (χ1n) is 7.38. The third-order valence-corrected chi connectivity index (χ3v) is 9.74. The summed E-state index contributed by atoms with van der Waals surface area (Å²) in [6.45, 7) is 4.38. The molecule has 0 heterocycles. The van der Waals surface area contributed by atoms with Gasteiger partial charge < -0.3 is 4.57 Å². The highest BCUT2D eigenvalue weighted by molar-refractivity contribution is 7.93. The summed E-state index contributed by atoms with van der Waals surface area (Å²) in [7, 11) is -2.08. The van der Waals surface area contributed by atoms with Gasteiger partial charge in [0.05, 0.1) is 4.49 Å². The van der Waals surface area contributed by atoms with Gasteiger partial charge in [0.15, 0.2) is 0 Å². The molecule has 1 saturated carbocycles. The lowest BCUT2D eigenvalue weighted by molar-refractivity contribution is 0.458. The molecule has 0 saturated heterocycles. The van der Waals surface area contributed by atoms with E-state index in [-0.39, 0.29) is 4.49 Å². The Balaban J connectivity index is 2.75. The Morgan fingerprint density at radius 2 is 1.47 bits per heavy atom. The van der Waals surface area contributed by atoms with Crippen LogP contribution in [0.1, 0.15) is 71.6 Å². The van der Waals surface area contributed by atoms with Gasteiger partial charge >= 0.3 is 0 Å². The molecule has 1 nitrogen and oxygen atoms in total. The van der Waals surface area contributed by atoms with Crippen LogP contribution in [0, 0.1) is 0 Å². The van der Waals surface area contributed by atoms with Crippen LogP contribution in [0.3, 0.4) is 0 Å². The van der Waals surface area contributed by atoms with E-state index in [4.69, 9.17) is 12.6 Å². The Kier molecular flexibility index (Phi) is 6.66. The third-order valence-electron chi connectivity index (χ3n) is 4.16. The zero-order valence-electron chi connectivity index (χ0n) is 11.6. The molecule has 102 valence electrons. The van der Waals surface area contributed by atoms with Crippen LogP contribution in [0.25, 0.3) is 0 Å². The second-order valence-corrected chi connectivity index (χ2v) is 10.3. The largest absolute Gasteiger partial charge is 0.322 e. The van der Waals surface area contributed by atoms with Crippen LogP contribution in [0.5, 0.6) is 0 Å². The monoisotopic (exact) mass is 276 g/mol. The second-order valence-electron chi connectivity index (χ2n) is 5.59. The van der Waals surface area contributed by atoms with Crippen LogP contribution in [-0.4, -0.2) is 16.8 Å². The summed E-state index contributed by atoms with van der Waals surface area (Å²) in [5, 5.41) is 0. The first-order chi connectivity index (χ1) is 8.08. The summed E-state index contributed by atoms with van der Waals surface area (Å²) in [6, 6.07) is 0. The van der Waals surface area contributed by atoms with Gasteiger partial charge in [0.1, 0.15) is 7.14 Å². The first kappa shape index (κ1) is 15.6. The van der Waals surface area contributed by atoms with Crippen molar-refractivity contribution < 1.29 is 4.57 Å². The molecule has 1 fully saturated rings. The van der Waals surface area contributed by atoms with Crippen molar-refractivity contribution in [3.63, 3.8) is 0 Å². The Hall–Kier alpha value is 0.580. The molecule has 0 aliphatic heterocycles. The Labute approximate surface area is 113 Å². The zero-order valence-corrected chi connectivity index (χ0v) is 13.4. The SMILES string of the molecule is CCCCP(=O)(CCCC)C1(S)CCCCC1. The van der Waals surface area contributed by atoms with Gasteiger partial charge in [0.25, 0.3) is 0 Å². The van der Waals surface area contributed by atoms with Gasteiger partial charge in [-0.3, -0.25) is 0 Å². The molecule has 1 rings (SSSR count). The Morgan fingerprint density at radius 3 is 1.88 bits per heavy atom. The average molecular weight is 276 g/mol. The number of unbranched alkanes of at least 4 members (excludes halogenated alkanes) is 2. The van der Waals surface area contributed by atoms with Crippen LogP contribution in [0.15, 0.2) is 0 Å². The van der Waals surface area contributed by atoms with E-state index >= 15 is 0 Å². The smallest absolute Gasteiger partial charge is 0.103 e. The van der Waals surface area contributed by atoms with Gasteiger partial charge in [-0.25, -0.2) is 0 Å². The minimum Gasteiger partial charge on any atom is -0.322 e. The molecule has 3 heteroatoms. The van der Waals surface area contributed by atoms with Crippen molar-refractivity contribution in [1.29, 1.82) is 0 Å². The maximum absolute atomic E-state index is 13.3. The fourth-order valence-corrected chi connectivity index (χ4v) is 7.64. The van der Waals surface area contributed by atoms with Crippen LogP contribution in [-0.2, 0) is 4.57 Å². The predicted molar refractivity (Wildman–Crippen MR) is 82.0 cm³/mol. The minimum absolute atomic E-state index is 0.115. The summed E-state index contributed by atoms with van der Waals surface area (Å²) < 4.78 is 13.2. The van der Waals surface area contributed by atoms with Crippen molar-refractivity contribution in [2.24, 2.45) is 0 Å². The van der Waals surface area contributed by atoms with E-state index in [1.54, 1.807) is 0 Å².